The number of methoxy groups -OCH3 is 1. The summed E-state index contributed by atoms with van der Waals surface area (Å²) in [6, 6.07) is 6.94. The van der Waals surface area contributed by atoms with Crippen LogP contribution in [-0.4, -0.2) is 25.2 Å². The van der Waals surface area contributed by atoms with Crippen LogP contribution in [0.5, 0.6) is 0 Å². The number of hydrogen-bond acceptors (Lipinski definition) is 4. The quantitative estimate of drug-likeness (QED) is 0.476. The van der Waals surface area contributed by atoms with E-state index in [1.54, 1.807) is 25.1 Å². The number of rotatable bonds is 4. The van der Waals surface area contributed by atoms with Gasteiger partial charge in [0.05, 0.1) is 18.1 Å². The maximum absolute atomic E-state index is 11.7. The summed E-state index contributed by atoms with van der Waals surface area (Å²) in [7, 11) is 1.50. The van der Waals surface area contributed by atoms with Crippen LogP contribution in [0.2, 0.25) is 0 Å². The first-order valence-corrected chi connectivity index (χ1v) is 6.14. The zero-order chi connectivity index (χ0) is 12.8. The SMILES string of the molecule is COC(C)CC(=O)OC(=O)c1ccccc1I. The molecule has 0 heterocycles. The van der Waals surface area contributed by atoms with Crippen LogP contribution in [-0.2, 0) is 14.3 Å². The molecule has 0 bridgehead atoms. The predicted molar refractivity (Wildman–Crippen MR) is 70.7 cm³/mol. The number of esters is 2. The minimum absolute atomic E-state index is 0.0612. The Morgan fingerprint density at radius 3 is 2.59 bits per heavy atom. The topological polar surface area (TPSA) is 52.6 Å². The molecule has 0 fully saturated rings. The fourth-order valence-electron chi connectivity index (χ4n) is 1.14. The summed E-state index contributed by atoms with van der Waals surface area (Å²) in [6.07, 6.45) is -0.198. The van der Waals surface area contributed by atoms with Gasteiger partial charge in [0.25, 0.3) is 0 Å². The molecule has 0 aliphatic heterocycles. The highest BCUT2D eigenvalue weighted by Gasteiger charge is 2.17. The third-order valence-corrected chi connectivity index (χ3v) is 3.10. The van der Waals surface area contributed by atoms with E-state index in [1.807, 2.05) is 28.7 Å². The average molecular weight is 348 g/mol. The molecule has 0 spiro atoms. The Labute approximate surface area is 113 Å². The normalized spacial score (nSPS) is 11.9. The van der Waals surface area contributed by atoms with Crippen LogP contribution >= 0.6 is 22.6 Å². The summed E-state index contributed by atoms with van der Waals surface area (Å²) in [5, 5.41) is 0. The molecule has 17 heavy (non-hydrogen) atoms. The Morgan fingerprint density at radius 2 is 2.00 bits per heavy atom. The summed E-state index contributed by atoms with van der Waals surface area (Å²) in [5.41, 5.74) is 0.395. The molecule has 92 valence electrons. The average Bonchev–Trinajstić information content (AvgIpc) is 2.29. The van der Waals surface area contributed by atoms with E-state index >= 15 is 0 Å². The van der Waals surface area contributed by atoms with Gasteiger partial charge in [-0.3, -0.25) is 4.79 Å². The van der Waals surface area contributed by atoms with Gasteiger partial charge in [-0.05, 0) is 41.6 Å². The van der Waals surface area contributed by atoms with Crippen molar-refractivity contribution in [2.45, 2.75) is 19.4 Å². The van der Waals surface area contributed by atoms with Crippen molar-refractivity contribution in [3.8, 4) is 0 Å². The van der Waals surface area contributed by atoms with Crippen molar-refractivity contribution in [2.24, 2.45) is 0 Å². The third kappa shape index (κ3) is 4.43. The first kappa shape index (κ1) is 14.1. The minimum atomic E-state index is -0.622. The fourth-order valence-corrected chi connectivity index (χ4v) is 1.75. The van der Waals surface area contributed by atoms with Gasteiger partial charge >= 0.3 is 11.9 Å². The van der Waals surface area contributed by atoms with E-state index in [-0.39, 0.29) is 12.5 Å². The van der Waals surface area contributed by atoms with Crippen LogP contribution in [0.15, 0.2) is 24.3 Å². The maximum Gasteiger partial charge on any atom is 0.346 e. The molecule has 5 heteroatoms. The number of hydrogen-bond donors (Lipinski definition) is 0. The standard InChI is InChI=1S/C12H13IO4/c1-8(16-2)7-11(14)17-12(15)9-5-3-4-6-10(9)13/h3-6,8H,7H2,1-2H3. The molecule has 4 nitrogen and oxygen atoms in total. The van der Waals surface area contributed by atoms with E-state index in [0.717, 1.165) is 3.57 Å². The highest BCUT2D eigenvalue weighted by Crippen LogP contribution is 2.13. The van der Waals surface area contributed by atoms with Gasteiger partial charge in [0.1, 0.15) is 0 Å². The number of carbonyl (C=O) groups excluding carboxylic acids is 2. The van der Waals surface area contributed by atoms with Crippen molar-refractivity contribution in [1.29, 1.82) is 0 Å². The molecule has 0 radical (unpaired) electrons. The lowest BCUT2D eigenvalue weighted by Gasteiger charge is -2.08. The smallest absolute Gasteiger partial charge is 0.346 e. The molecule has 0 saturated heterocycles. The van der Waals surface area contributed by atoms with Gasteiger partial charge in [-0.15, -0.1) is 0 Å². The van der Waals surface area contributed by atoms with Crippen molar-refractivity contribution in [3.05, 3.63) is 33.4 Å². The maximum atomic E-state index is 11.7. The van der Waals surface area contributed by atoms with Crippen molar-refractivity contribution in [1.82, 2.24) is 0 Å². The first-order valence-electron chi connectivity index (χ1n) is 5.07. The monoisotopic (exact) mass is 348 g/mol. The molecule has 1 rings (SSSR count). The summed E-state index contributed by atoms with van der Waals surface area (Å²) < 4.78 is 10.4. The lowest BCUT2D eigenvalue weighted by Crippen LogP contribution is -2.18. The van der Waals surface area contributed by atoms with Crippen LogP contribution in [0.25, 0.3) is 0 Å². The van der Waals surface area contributed by atoms with Crippen molar-refractivity contribution < 1.29 is 19.1 Å². The fraction of sp³-hybridized carbons (Fsp3) is 0.333. The lowest BCUT2D eigenvalue weighted by atomic mass is 10.2. The Balaban J connectivity index is 2.61. The van der Waals surface area contributed by atoms with Gasteiger partial charge in [0.2, 0.25) is 0 Å². The molecule has 0 aliphatic carbocycles. The second-order valence-corrected chi connectivity index (χ2v) is 4.65. The summed E-state index contributed by atoms with van der Waals surface area (Å²) in [4.78, 5) is 23.0. The zero-order valence-electron chi connectivity index (χ0n) is 9.60. The van der Waals surface area contributed by atoms with Gasteiger partial charge in [-0.2, -0.15) is 0 Å². The zero-order valence-corrected chi connectivity index (χ0v) is 11.8. The molecule has 1 aromatic rings. The Kier molecular flexibility index (Phi) is 5.57. The molecular weight excluding hydrogens is 335 g/mol. The van der Waals surface area contributed by atoms with Gasteiger partial charge in [0.15, 0.2) is 0 Å². The summed E-state index contributed by atoms with van der Waals surface area (Å²) >= 11 is 2.02. The van der Waals surface area contributed by atoms with Gasteiger partial charge in [-0.25, -0.2) is 4.79 Å². The van der Waals surface area contributed by atoms with Crippen molar-refractivity contribution >= 4 is 34.5 Å². The van der Waals surface area contributed by atoms with E-state index in [0.29, 0.717) is 5.56 Å². The van der Waals surface area contributed by atoms with Gasteiger partial charge in [0, 0.05) is 10.7 Å². The molecule has 1 unspecified atom stereocenters. The summed E-state index contributed by atoms with van der Waals surface area (Å²) in [5.74, 6) is -1.20. The van der Waals surface area contributed by atoms with Crippen LogP contribution < -0.4 is 0 Å². The van der Waals surface area contributed by atoms with Crippen LogP contribution in [0.4, 0.5) is 0 Å². The minimum Gasteiger partial charge on any atom is -0.389 e. The molecule has 0 aromatic heterocycles. The largest absolute Gasteiger partial charge is 0.389 e. The van der Waals surface area contributed by atoms with Crippen LogP contribution in [0.3, 0.4) is 0 Å². The van der Waals surface area contributed by atoms with E-state index < -0.39 is 11.9 Å². The molecule has 1 atom stereocenters. The van der Waals surface area contributed by atoms with Gasteiger partial charge in [-0.1, -0.05) is 12.1 Å². The van der Waals surface area contributed by atoms with Crippen LogP contribution in [0, 0.1) is 3.57 Å². The second kappa shape index (κ2) is 6.70. The highest BCUT2D eigenvalue weighted by atomic mass is 127. The summed E-state index contributed by atoms with van der Waals surface area (Å²) in [6.45, 7) is 1.73. The predicted octanol–water partition coefficient (Wildman–Crippen LogP) is 2.40. The second-order valence-electron chi connectivity index (χ2n) is 3.49. The number of carbonyl (C=O) groups is 2. The molecule has 0 aliphatic rings. The lowest BCUT2D eigenvalue weighted by molar-refractivity contribution is -0.140. The Morgan fingerprint density at radius 1 is 1.35 bits per heavy atom. The Hall–Kier alpha value is -0.950. The molecular formula is C12H13IO4. The first-order chi connectivity index (χ1) is 8.04. The molecule has 0 saturated carbocycles. The molecule has 0 amide bonds. The number of ether oxygens (including phenoxy) is 2. The number of benzene rings is 1. The van der Waals surface area contributed by atoms with Gasteiger partial charge < -0.3 is 9.47 Å². The van der Waals surface area contributed by atoms with Crippen molar-refractivity contribution in [3.63, 3.8) is 0 Å². The van der Waals surface area contributed by atoms with Crippen molar-refractivity contribution in [2.75, 3.05) is 7.11 Å². The van der Waals surface area contributed by atoms with E-state index in [2.05, 4.69) is 0 Å². The molecule has 1 aromatic carbocycles. The molecule has 0 N–H and O–H groups in total. The van der Waals surface area contributed by atoms with Crippen LogP contribution in [0.1, 0.15) is 23.7 Å². The van der Waals surface area contributed by atoms with E-state index in [1.165, 1.54) is 7.11 Å². The van der Waals surface area contributed by atoms with E-state index in [9.17, 15) is 9.59 Å². The highest BCUT2D eigenvalue weighted by molar-refractivity contribution is 14.1. The van der Waals surface area contributed by atoms with E-state index in [4.69, 9.17) is 9.47 Å². The number of halogens is 1. The Bertz CT molecular complexity index is 417. The third-order valence-electron chi connectivity index (χ3n) is 2.16.